The van der Waals surface area contributed by atoms with E-state index in [9.17, 15) is 4.79 Å². The van der Waals surface area contributed by atoms with Crippen molar-refractivity contribution in [2.75, 3.05) is 33.4 Å². The second-order valence-corrected chi connectivity index (χ2v) is 5.02. The van der Waals surface area contributed by atoms with Crippen LogP contribution >= 0.6 is 0 Å². The standard InChI is InChI=1S/C16H20N2O3/c1-3-11-21-12-13-6-9-18(10-7-13)16(19)14-5-4-8-17-15(14)20-2/h1,4-5,8,13H,6-7,9-12H2,2H3. The molecule has 0 bridgehead atoms. The third kappa shape index (κ3) is 3.96. The molecule has 0 N–H and O–H groups in total. The van der Waals surface area contributed by atoms with E-state index in [0.29, 0.717) is 30.6 Å². The molecule has 1 saturated heterocycles. The number of aromatic nitrogens is 1. The molecule has 0 unspecified atom stereocenters. The van der Waals surface area contributed by atoms with Crippen LogP contribution in [0.15, 0.2) is 18.3 Å². The molecule has 1 amide bonds. The molecule has 0 atom stereocenters. The van der Waals surface area contributed by atoms with Crippen molar-refractivity contribution in [3.05, 3.63) is 23.9 Å². The Bertz CT molecular complexity index is 516. The molecule has 1 aromatic rings. The average molecular weight is 288 g/mol. The number of pyridine rings is 1. The van der Waals surface area contributed by atoms with Crippen molar-refractivity contribution in [1.82, 2.24) is 9.88 Å². The third-order valence-electron chi connectivity index (χ3n) is 3.64. The minimum absolute atomic E-state index is 0.0251. The van der Waals surface area contributed by atoms with Gasteiger partial charge in [0.05, 0.1) is 13.7 Å². The van der Waals surface area contributed by atoms with Gasteiger partial charge in [0, 0.05) is 19.3 Å². The lowest BCUT2D eigenvalue weighted by Gasteiger charge is -2.32. The lowest BCUT2D eigenvalue weighted by Crippen LogP contribution is -2.39. The summed E-state index contributed by atoms with van der Waals surface area (Å²) in [4.78, 5) is 18.4. The van der Waals surface area contributed by atoms with Gasteiger partial charge in [-0.05, 0) is 30.9 Å². The zero-order valence-electron chi connectivity index (χ0n) is 12.2. The fraction of sp³-hybridized carbons (Fsp3) is 0.500. The van der Waals surface area contributed by atoms with Crippen molar-refractivity contribution >= 4 is 5.91 Å². The van der Waals surface area contributed by atoms with Crippen molar-refractivity contribution in [2.45, 2.75) is 12.8 Å². The molecule has 1 aliphatic heterocycles. The van der Waals surface area contributed by atoms with Crippen LogP contribution in [0, 0.1) is 18.3 Å². The minimum atomic E-state index is -0.0251. The molecule has 0 aliphatic carbocycles. The normalized spacial score (nSPS) is 15.5. The summed E-state index contributed by atoms with van der Waals surface area (Å²) < 4.78 is 10.5. The highest BCUT2D eigenvalue weighted by Gasteiger charge is 2.25. The summed E-state index contributed by atoms with van der Waals surface area (Å²) in [5.74, 6) is 3.28. The van der Waals surface area contributed by atoms with Crippen LogP contribution in [0.4, 0.5) is 0 Å². The molecular formula is C16H20N2O3. The fourth-order valence-electron chi connectivity index (χ4n) is 2.47. The molecule has 2 heterocycles. The predicted molar refractivity (Wildman–Crippen MR) is 79.1 cm³/mol. The maximum atomic E-state index is 12.5. The summed E-state index contributed by atoms with van der Waals surface area (Å²) in [7, 11) is 1.52. The van der Waals surface area contributed by atoms with Crippen molar-refractivity contribution < 1.29 is 14.3 Å². The largest absolute Gasteiger partial charge is 0.480 e. The van der Waals surface area contributed by atoms with Crippen molar-refractivity contribution in [1.29, 1.82) is 0 Å². The molecule has 0 aromatic carbocycles. The molecule has 0 saturated carbocycles. The molecule has 1 fully saturated rings. The van der Waals surface area contributed by atoms with Crippen LogP contribution in [0.3, 0.4) is 0 Å². The Morgan fingerprint density at radius 3 is 2.95 bits per heavy atom. The molecule has 5 nitrogen and oxygen atoms in total. The van der Waals surface area contributed by atoms with E-state index in [1.54, 1.807) is 18.3 Å². The van der Waals surface area contributed by atoms with Crippen LogP contribution in [-0.4, -0.2) is 49.2 Å². The van der Waals surface area contributed by atoms with Crippen LogP contribution in [0.1, 0.15) is 23.2 Å². The number of ether oxygens (including phenoxy) is 2. The van der Waals surface area contributed by atoms with Gasteiger partial charge in [0.25, 0.3) is 5.91 Å². The van der Waals surface area contributed by atoms with Crippen LogP contribution in [0.5, 0.6) is 5.88 Å². The summed E-state index contributed by atoms with van der Waals surface area (Å²) in [5.41, 5.74) is 0.516. The van der Waals surface area contributed by atoms with Gasteiger partial charge in [-0.25, -0.2) is 4.98 Å². The van der Waals surface area contributed by atoms with E-state index in [2.05, 4.69) is 10.9 Å². The van der Waals surface area contributed by atoms with Gasteiger partial charge in [-0.3, -0.25) is 4.79 Å². The molecule has 0 radical (unpaired) electrons. The first kappa shape index (κ1) is 15.3. The van der Waals surface area contributed by atoms with Gasteiger partial charge in [-0.2, -0.15) is 0 Å². The van der Waals surface area contributed by atoms with Crippen molar-refractivity contribution in [3.8, 4) is 18.2 Å². The van der Waals surface area contributed by atoms with Crippen LogP contribution < -0.4 is 4.74 Å². The molecule has 1 aromatic heterocycles. The van der Waals surface area contributed by atoms with E-state index in [1.807, 2.05) is 4.90 Å². The van der Waals surface area contributed by atoms with Crippen LogP contribution in [0.2, 0.25) is 0 Å². The van der Waals surface area contributed by atoms with E-state index >= 15 is 0 Å². The number of methoxy groups -OCH3 is 1. The van der Waals surface area contributed by atoms with Crippen LogP contribution in [-0.2, 0) is 4.74 Å². The van der Waals surface area contributed by atoms with E-state index < -0.39 is 0 Å². The number of carbonyl (C=O) groups is 1. The maximum Gasteiger partial charge on any atom is 0.259 e. The van der Waals surface area contributed by atoms with Crippen molar-refractivity contribution in [2.24, 2.45) is 5.92 Å². The predicted octanol–water partition coefficient (Wildman–Crippen LogP) is 1.59. The number of piperidine rings is 1. The number of terminal acetylenes is 1. The number of rotatable bonds is 5. The van der Waals surface area contributed by atoms with Crippen molar-refractivity contribution in [3.63, 3.8) is 0 Å². The summed E-state index contributed by atoms with van der Waals surface area (Å²) in [6, 6.07) is 3.49. The first-order valence-corrected chi connectivity index (χ1v) is 7.05. The van der Waals surface area contributed by atoms with Gasteiger partial charge in [0.15, 0.2) is 0 Å². The van der Waals surface area contributed by atoms with E-state index in [4.69, 9.17) is 15.9 Å². The van der Waals surface area contributed by atoms with Gasteiger partial charge in [-0.15, -0.1) is 6.42 Å². The second kappa shape index (κ2) is 7.65. The second-order valence-electron chi connectivity index (χ2n) is 5.02. The van der Waals surface area contributed by atoms with Gasteiger partial charge < -0.3 is 14.4 Å². The minimum Gasteiger partial charge on any atom is -0.480 e. The number of hydrogen-bond donors (Lipinski definition) is 0. The first-order chi connectivity index (χ1) is 10.3. The summed E-state index contributed by atoms with van der Waals surface area (Å²) in [6.07, 6.45) is 8.63. The molecule has 5 heteroatoms. The molecule has 2 rings (SSSR count). The Labute approximate surface area is 125 Å². The monoisotopic (exact) mass is 288 g/mol. The molecule has 21 heavy (non-hydrogen) atoms. The highest BCUT2D eigenvalue weighted by atomic mass is 16.5. The van der Waals surface area contributed by atoms with Crippen LogP contribution in [0.25, 0.3) is 0 Å². The van der Waals surface area contributed by atoms with E-state index in [1.165, 1.54) is 7.11 Å². The number of amides is 1. The molecule has 1 aliphatic rings. The van der Waals surface area contributed by atoms with Gasteiger partial charge in [0.2, 0.25) is 5.88 Å². The van der Waals surface area contributed by atoms with Gasteiger partial charge in [0.1, 0.15) is 12.2 Å². The Balaban J connectivity index is 1.90. The third-order valence-corrected chi connectivity index (χ3v) is 3.64. The highest BCUT2D eigenvalue weighted by molar-refractivity contribution is 5.96. The number of likely N-dealkylation sites (tertiary alicyclic amines) is 1. The first-order valence-electron chi connectivity index (χ1n) is 7.05. The summed E-state index contributed by atoms with van der Waals surface area (Å²) in [5, 5.41) is 0. The molecule has 112 valence electrons. The van der Waals surface area contributed by atoms with Gasteiger partial charge >= 0.3 is 0 Å². The van der Waals surface area contributed by atoms with Gasteiger partial charge in [-0.1, -0.05) is 5.92 Å². The Morgan fingerprint density at radius 2 is 2.29 bits per heavy atom. The maximum absolute atomic E-state index is 12.5. The zero-order valence-corrected chi connectivity index (χ0v) is 12.2. The Kier molecular flexibility index (Phi) is 5.59. The average Bonchev–Trinajstić information content (AvgIpc) is 2.55. The smallest absolute Gasteiger partial charge is 0.259 e. The lowest BCUT2D eigenvalue weighted by atomic mass is 9.97. The SMILES string of the molecule is C#CCOCC1CCN(C(=O)c2cccnc2OC)CC1. The summed E-state index contributed by atoms with van der Waals surface area (Å²) in [6.45, 7) is 2.47. The highest BCUT2D eigenvalue weighted by Crippen LogP contribution is 2.22. The van der Waals surface area contributed by atoms with E-state index in [-0.39, 0.29) is 5.91 Å². The quantitative estimate of drug-likeness (QED) is 0.610. The van der Waals surface area contributed by atoms with E-state index in [0.717, 1.165) is 25.9 Å². The zero-order chi connectivity index (χ0) is 15.1. The topological polar surface area (TPSA) is 51.7 Å². The Hall–Kier alpha value is -2.06. The molecule has 0 spiro atoms. The number of carbonyl (C=O) groups excluding carboxylic acids is 1. The lowest BCUT2D eigenvalue weighted by molar-refractivity contribution is 0.0578. The summed E-state index contributed by atoms with van der Waals surface area (Å²) >= 11 is 0. The Morgan fingerprint density at radius 1 is 1.52 bits per heavy atom. The fourth-order valence-corrected chi connectivity index (χ4v) is 2.47. The molecular weight excluding hydrogens is 268 g/mol. The number of nitrogens with zero attached hydrogens (tertiary/aromatic N) is 2. The number of hydrogen-bond acceptors (Lipinski definition) is 4.